The average molecular weight is 240 g/mol. The van der Waals surface area contributed by atoms with Crippen LogP contribution in [0.3, 0.4) is 0 Å². The minimum atomic E-state index is -2.77. The molecule has 1 rings (SSSR count). The molecule has 0 fully saturated rings. The van der Waals surface area contributed by atoms with Crippen molar-refractivity contribution < 1.29 is 13.6 Å². The van der Waals surface area contributed by atoms with E-state index in [-0.39, 0.29) is 5.88 Å². The molecule has 0 bridgehead atoms. The first-order valence-electron chi connectivity index (χ1n) is 3.60. The van der Waals surface area contributed by atoms with E-state index in [1.165, 1.54) is 6.07 Å². The molecule has 0 radical (unpaired) electrons. The van der Waals surface area contributed by atoms with E-state index in [4.69, 9.17) is 23.2 Å². The standard InChI is InChI=1S/C8H5Cl2F2NO/c9-3-4-1-2-5(8(11)12)6(13-4)7(10)14/h1-2,8H,3H2. The minimum absolute atomic E-state index is 0.0423. The Morgan fingerprint density at radius 3 is 2.57 bits per heavy atom. The summed E-state index contributed by atoms with van der Waals surface area (Å²) in [6.45, 7) is 0. The van der Waals surface area contributed by atoms with Crippen LogP contribution >= 0.6 is 23.2 Å². The molecule has 76 valence electrons. The lowest BCUT2D eigenvalue weighted by molar-refractivity contribution is 0.106. The van der Waals surface area contributed by atoms with Crippen LogP contribution < -0.4 is 0 Å². The Hall–Kier alpha value is -0.740. The zero-order valence-corrected chi connectivity index (χ0v) is 8.32. The Bertz CT molecular complexity index is 357. The van der Waals surface area contributed by atoms with Gasteiger partial charge in [-0.05, 0) is 23.7 Å². The van der Waals surface area contributed by atoms with Crippen molar-refractivity contribution in [2.75, 3.05) is 0 Å². The third kappa shape index (κ3) is 2.39. The molecule has 0 amide bonds. The summed E-state index contributed by atoms with van der Waals surface area (Å²) in [6.07, 6.45) is -2.77. The van der Waals surface area contributed by atoms with Gasteiger partial charge in [-0.25, -0.2) is 13.8 Å². The quantitative estimate of drug-likeness (QED) is 0.600. The second-order valence-electron chi connectivity index (χ2n) is 2.45. The number of alkyl halides is 3. The maximum atomic E-state index is 12.3. The number of nitrogens with zero attached hydrogens (tertiary/aromatic N) is 1. The van der Waals surface area contributed by atoms with Crippen molar-refractivity contribution in [3.8, 4) is 0 Å². The molecule has 1 aromatic heterocycles. The zero-order chi connectivity index (χ0) is 10.7. The van der Waals surface area contributed by atoms with E-state index in [9.17, 15) is 13.6 Å². The van der Waals surface area contributed by atoms with Crippen LogP contribution in [0.25, 0.3) is 0 Å². The van der Waals surface area contributed by atoms with Crippen molar-refractivity contribution in [2.45, 2.75) is 12.3 Å². The summed E-state index contributed by atoms with van der Waals surface area (Å²) >= 11 is 10.5. The van der Waals surface area contributed by atoms with Crippen LogP contribution in [0, 0.1) is 0 Å². The van der Waals surface area contributed by atoms with Gasteiger partial charge in [0.1, 0.15) is 5.69 Å². The largest absolute Gasteiger partial charge is 0.274 e. The van der Waals surface area contributed by atoms with E-state index in [2.05, 4.69) is 4.98 Å². The first-order valence-corrected chi connectivity index (χ1v) is 4.51. The predicted octanol–water partition coefficient (Wildman–Crippen LogP) is 3.14. The smallest absolute Gasteiger partial charge is 0.271 e. The summed E-state index contributed by atoms with van der Waals surface area (Å²) in [5.74, 6) is 0.0423. The number of pyridine rings is 1. The van der Waals surface area contributed by atoms with Crippen LogP contribution in [-0.2, 0) is 5.88 Å². The lowest BCUT2D eigenvalue weighted by Gasteiger charge is -2.05. The number of rotatable bonds is 3. The van der Waals surface area contributed by atoms with Crippen LogP contribution in [-0.4, -0.2) is 10.2 Å². The first kappa shape index (κ1) is 11.3. The van der Waals surface area contributed by atoms with E-state index in [1.807, 2.05) is 0 Å². The molecule has 0 saturated heterocycles. The van der Waals surface area contributed by atoms with Gasteiger partial charge in [0.15, 0.2) is 0 Å². The molecule has 0 saturated carbocycles. The van der Waals surface area contributed by atoms with E-state index in [0.717, 1.165) is 6.07 Å². The number of aromatic nitrogens is 1. The van der Waals surface area contributed by atoms with Gasteiger partial charge in [0.2, 0.25) is 0 Å². The van der Waals surface area contributed by atoms with Gasteiger partial charge in [-0.3, -0.25) is 4.79 Å². The maximum Gasteiger partial charge on any atom is 0.271 e. The Labute approximate surface area is 88.8 Å². The van der Waals surface area contributed by atoms with Crippen molar-refractivity contribution in [2.24, 2.45) is 0 Å². The lowest BCUT2D eigenvalue weighted by Crippen LogP contribution is -2.04. The number of halogens is 4. The Kier molecular flexibility index (Phi) is 3.77. The third-order valence-corrected chi connectivity index (χ3v) is 2.00. The topological polar surface area (TPSA) is 30.0 Å². The molecule has 0 aliphatic carbocycles. The third-order valence-electron chi connectivity index (χ3n) is 1.54. The van der Waals surface area contributed by atoms with Gasteiger partial charge in [0, 0.05) is 5.56 Å². The van der Waals surface area contributed by atoms with Gasteiger partial charge in [-0.15, -0.1) is 11.6 Å². The molecule has 0 aliphatic heterocycles. The highest BCUT2D eigenvalue weighted by Gasteiger charge is 2.18. The molecule has 1 aromatic rings. The summed E-state index contributed by atoms with van der Waals surface area (Å²) in [4.78, 5) is 14.4. The van der Waals surface area contributed by atoms with Crippen LogP contribution in [0.4, 0.5) is 8.78 Å². The van der Waals surface area contributed by atoms with E-state index in [0.29, 0.717) is 5.69 Å². The zero-order valence-electron chi connectivity index (χ0n) is 6.81. The van der Waals surface area contributed by atoms with Crippen molar-refractivity contribution >= 4 is 28.4 Å². The van der Waals surface area contributed by atoms with E-state index < -0.39 is 22.9 Å². The normalized spacial score (nSPS) is 10.6. The van der Waals surface area contributed by atoms with Crippen LogP contribution in [0.5, 0.6) is 0 Å². The highest BCUT2D eigenvalue weighted by Crippen LogP contribution is 2.23. The number of carbonyl (C=O) groups is 1. The molecule has 0 unspecified atom stereocenters. The van der Waals surface area contributed by atoms with Gasteiger partial charge >= 0.3 is 0 Å². The van der Waals surface area contributed by atoms with Gasteiger partial charge in [0.05, 0.1) is 11.6 Å². The van der Waals surface area contributed by atoms with E-state index >= 15 is 0 Å². The molecule has 1 heterocycles. The first-order chi connectivity index (χ1) is 6.56. The van der Waals surface area contributed by atoms with Gasteiger partial charge in [-0.2, -0.15) is 0 Å². The predicted molar refractivity (Wildman–Crippen MR) is 48.9 cm³/mol. The lowest BCUT2D eigenvalue weighted by atomic mass is 10.2. The Balaban J connectivity index is 3.24. The second kappa shape index (κ2) is 4.66. The minimum Gasteiger partial charge on any atom is -0.274 e. The molecular weight excluding hydrogens is 235 g/mol. The Morgan fingerprint density at radius 1 is 1.50 bits per heavy atom. The molecule has 14 heavy (non-hydrogen) atoms. The van der Waals surface area contributed by atoms with Crippen LogP contribution in [0.2, 0.25) is 0 Å². The fraction of sp³-hybridized carbons (Fsp3) is 0.250. The summed E-state index contributed by atoms with van der Waals surface area (Å²) in [5, 5.41) is -1.01. The fourth-order valence-electron chi connectivity index (χ4n) is 0.918. The highest BCUT2D eigenvalue weighted by molar-refractivity contribution is 6.67. The maximum absolute atomic E-state index is 12.3. The van der Waals surface area contributed by atoms with Crippen LogP contribution in [0.15, 0.2) is 12.1 Å². The number of hydrogen-bond donors (Lipinski definition) is 0. The van der Waals surface area contributed by atoms with Gasteiger partial charge in [-0.1, -0.05) is 0 Å². The van der Waals surface area contributed by atoms with Crippen molar-refractivity contribution in [1.29, 1.82) is 0 Å². The summed E-state index contributed by atoms with van der Waals surface area (Å²) < 4.78 is 24.7. The van der Waals surface area contributed by atoms with Gasteiger partial charge < -0.3 is 0 Å². The average Bonchev–Trinajstić information content (AvgIpc) is 2.16. The van der Waals surface area contributed by atoms with Crippen molar-refractivity contribution in [3.05, 3.63) is 29.1 Å². The fourth-order valence-corrected chi connectivity index (χ4v) is 1.22. The number of carbonyl (C=O) groups excluding carboxylic acids is 1. The molecule has 0 N–H and O–H groups in total. The van der Waals surface area contributed by atoms with Crippen LogP contribution in [0.1, 0.15) is 28.2 Å². The van der Waals surface area contributed by atoms with Gasteiger partial charge in [0.25, 0.3) is 11.7 Å². The molecule has 0 aliphatic rings. The molecule has 0 atom stereocenters. The summed E-state index contributed by atoms with van der Waals surface area (Å²) in [6, 6.07) is 2.43. The molecular formula is C8H5Cl2F2NO. The monoisotopic (exact) mass is 239 g/mol. The van der Waals surface area contributed by atoms with Crippen molar-refractivity contribution in [1.82, 2.24) is 4.98 Å². The molecule has 2 nitrogen and oxygen atoms in total. The summed E-state index contributed by atoms with van der Waals surface area (Å²) in [5.41, 5.74) is -0.571. The summed E-state index contributed by atoms with van der Waals surface area (Å²) in [7, 11) is 0. The highest BCUT2D eigenvalue weighted by atomic mass is 35.5. The second-order valence-corrected chi connectivity index (χ2v) is 3.06. The molecule has 0 aromatic carbocycles. The SMILES string of the molecule is O=C(Cl)c1nc(CCl)ccc1C(F)F. The van der Waals surface area contributed by atoms with E-state index in [1.54, 1.807) is 0 Å². The molecule has 6 heteroatoms. The number of hydrogen-bond acceptors (Lipinski definition) is 2. The van der Waals surface area contributed by atoms with Crippen molar-refractivity contribution in [3.63, 3.8) is 0 Å². The molecule has 0 spiro atoms. The Morgan fingerprint density at radius 2 is 2.14 bits per heavy atom.